The number of ether oxygens (including phenoxy) is 1. The number of amides is 2. The summed E-state index contributed by atoms with van der Waals surface area (Å²) in [5, 5.41) is 11.8. The Morgan fingerprint density at radius 3 is 2.96 bits per heavy atom. The molecule has 2 amide bonds. The van der Waals surface area contributed by atoms with Gasteiger partial charge in [-0.1, -0.05) is 6.07 Å². The van der Waals surface area contributed by atoms with Crippen LogP contribution >= 0.6 is 0 Å². The molecule has 140 valence electrons. The largest absolute Gasteiger partial charge is 0.383 e. The normalized spacial score (nSPS) is 15.7. The van der Waals surface area contributed by atoms with Crippen LogP contribution in [-0.2, 0) is 11.3 Å². The highest BCUT2D eigenvalue weighted by atomic mass is 16.5. The highest BCUT2D eigenvalue weighted by Crippen LogP contribution is 2.26. The van der Waals surface area contributed by atoms with Crippen LogP contribution in [0.5, 0.6) is 0 Å². The van der Waals surface area contributed by atoms with Crippen molar-refractivity contribution in [1.82, 2.24) is 19.8 Å². The summed E-state index contributed by atoms with van der Waals surface area (Å²) in [4.78, 5) is 31.2. The van der Waals surface area contributed by atoms with Gasteiger partial charge < -0.3 is 19.5 Å². The van der Waals surface area contributed by atoms with Crippen molar-refractivity contribution in [3.8, 4) is 6.07 Å². The summed E-state index contributed by atoms with van der Waals surface area (Å²) >= 11 is 0. The van der Waals surface area contributed by atoms with Crippen LogP contribution in [0.15, 0.2) is 30.5 Å². The second kappa shape index (κ2) is 8.01. The molecule has 0 bridgehead atoms. The van der Waals surface area contributed by atoms with E-state index in [2.05, 4.69) is 10.3 Å². The molecule has 2 aromatic rings. The predicted octanol–water partition coefficient (Wildman–Crippen LogP) is 1.35. The second-order valence-electron chi connectivity index (χ2n) is 6.29. The molecule has 0 fully saturated rings. The van der Waals surface area contributed by atoms with Gasteiger partial charge in [-0.25, -0.2) is 4.98 Å². The van der Waals surface area contributed by atoms with E-state index in [4.69, 9.17) is 10.00 Å². The minimum absolute atomic E-state index is 0.153. The number of nitrogens with one attached hydrogen (secondary N) is 1. The lowest BCUT2D eigenvalue weighted by Crippen LogP contribution is -2.41. The molecule has 1 unspecified atom stereocenters. The molecule has 1 aromatic heterocycles. The van der Waals surface area contributed by atoms with Crippen molar-refractivity contribution in [1.29, 1.82) is 5.26 Å². The van der Waals surface area contributed by atoms with Crippen LogP contribution in [0.2, 0.25) is 0 Å². The lowest BCUT2D eigenvalue weighted by molar-refractivity contribution is 0.0638. The fraction of sp³-hybridized carbons (Fsp3) is 0.368. The van der Waals surface area contributed by atoms with E-state index >= 15 is 0 Å². The summed E-state index contributed by atoms with van der Waals surface area (Å²) in [7, 11) is 1.57. The van der Waals surface area contributed by atoms with Crippen molar-refractivity contribution in [2.75, 3.05) is 26.8 Å². The van der Waals surface area contributed by atoms with E-state index < -0.39 is 0 Å². The van der Waals surface area contributed by atoms with Crippen LogP contribution in [0.1, 0.15) is 45.2 Å². The van der Waals surface area contributed by atoms with Crippen molar-refractivity contribution >= 4 is 11.8 Å². The van der Waals surface area contributed by atoms with Gasteiger partial charge in [-0.2, -0.15) is 5.26 Å². The van der Waals surface area contributed by atoms with Crippen LogP contribution in [0.3, 0.4) is 0 Å². The number of imidazole rings is 1. The number of aromatic nitrogens is 2. The highest BCUT2D eigenvalue weighted by Gasteiger charge is 2.31. The number of carbonyl (C=O) groups is 2. The molecule has 1 aliphatic heterocycles. The zero-order valence-electron chi connectivity index (χ0n) is 15.3. The van der Waals surface area contributed by atoms with Gasteiger partial charge in [0.25, 0.3) is 11.8 Å². The van der Waals surface area contributed by atoms with E-state index in [1.807, 2.05) is 17.6 Å². The first-order valence-electron chi connectivity index (χ1n) is 8.70. The van der Waals surface area contributed by atoms with Crippen LogP contribution in [-0.4, -0.2) is 53.1 Å². The quantitative estimate of drug-likeness (QED) is 0.804. The van der Waals surface area contributed by atoms with Crippen molar-refractivity contribution < 1.29 is 14.3 Å². The molecular weight excluding hydrogens is 346 g/mol. The minimum Gasteiger partial charge on any atom is -0.383 e. The molecule has 3 rings (SSSR count). The zero-order chi connectivity index (χ0) is 19.4. The number of methoxy groups -OCH3 is 1. The summed E-state index contributed by atoms with van der Waals surface area (Å²) in [6.45, 7) is 3.79. The van der Waals surface area contributed by atoms with Gasteiger partial charge in [0.05, 0.1) is 24.3 Å². The fourth-order valence-electron chi connectivity index (χ4n) is 3.12. The monoisotopic (exact) mass is 367 g/mol. The van der Waals surface area contributed by atoms with E-state index in [-0.39, 0.29) is 17.9 Å². The van der Waals surface area contributed by atoms with Gasteiger partial charge in [-0.3, -0.25) is 9.59 Å². The molecule has 0 spiro atoms. The zero-order valence-corrected chi connectivity index (χ0v) is 15.3. The lowest BCUT2D eigenvalue weighted by Gasteiger charge is -2.33. The Kier molecular flexibility index (Phi) is 5.52. The van der Waals surface area contributed by atoms with Crippen molar-refractivity contribution in [3.05, 3.63) is 53.1 Å². The maximum atomic E-state index is 12.9. The van der Waals surface area contributed by atoms with Gasteiger partial charge in [0, 0.05) is 38.5 Å². The second-order valence-corrected chi connectivity index (χ2v) is 6.29. The first-order chi connectivity index (χ1) is 13.0. The molecule has 0 saturated heterocycles. The maximum absolute atomic E-state index is 12.9. The molecule has 1 aromatic carbocycles. The van der Waals surface area contributed by atoms with Gasteiger partial charge in [0.1, 0.15) is 11.5 Å². The topological polar surface area (TPSA) is 100 Å². The smallest absolute Gasteiger partial charge is 0.271 e. The Hall–Kier alpha value is -3.18. The molecule has 2 heterocycles. The van der Waals surface area contributed by atoms with Crippen LogP contribution in [0.25, 0.3) is 0 Å². The number of hydrogen-bond donors (Lipinski definition) is 1. The molecule has 0 aliphatic carbocycles. The highest BCUT2D eigenvalue weighted by molar-refractivity contribution is 5.95. The molecule has 8 heteroatoms. The molecule has 8 nitrogen and oxygen atoms in total. The number of carbonyl (C=O) groups excluding carboxylic acids is 2. The van der Waals surface area contributed by atoms with Crippen LogP contribution in [0.4, 0.5) is 0 Å². The Morgan fingerprint density at radius 1 is 1.41 bits per heavy atom. The summed E-state index contributed by atoms with van der Waals surface area (Å²) in [5.41, 5.74) is 1.24. The molecule has 0 saturated carbocycles. The minimum atomic E-state index is -0.280. The number of fused-ring (bicyclic) bond motifs is 1. The van der Waals surface area contributed by atoms with Gasteiger partial charge in [-0.15, -0.1) is 0 Å². The number of hydrogen-bond acceptors (Lipinski definition) is 5. The number of nitriles is 1. The Labute approximate surface area is 157 Å². The fourth-order valence-corrected chi connectivity index (χ4v) is 3.12. The third-order valence-corrected chi connectivity index (χ3v) is 4.55. The van der Waals surface area contributed by atoms with Crippen molar-refractivity contribution in [2.45, 2.75) is 19.5 Å². The van der Waals surface area contributed by atoms with E-state index in [0.717, 1.165) is 0 Å². The third kappa shape index (κ3) is 3.83. The average molecular weight is 367 g/mol. The van der Waals surface area contributed by atoms with Gasteiger partial charge in [0.15, 0.2) is 0 Å². The van der Waals surface area contributed by atoms with E-state index in [0.29, 0.717) is 48.9 Å². The Balaban J connectivity index is 1.77. The van der Waals surface area contributed by atoms with E-state index in [1.165, 1.54) is 0 Å². The van der Waals surface area contributed by atoms with Crippen LogP contribution < -0.4 is 5.32 Å². The maximum Gasteiger partial charge on any atom is 0.271 e. The predicted molar refractivity (Wildman–Crippen MR) is 97.0 cm³/mol. The number of benzene rings is 1. The van der Waals surface area contributed by atoms with Crippen LogP contribution in [0, 0.1) is 11.3 Å². The SMILES string of the molecule is COCCNC(=O)c1cn2c(n1)C(C)N(C(=O)c1cccc(C#N)c1)CC2. The Bertz CT molecular complexity index is 899. The molecule has 0 radical (unpaired) electrons. The number of nitrogens with zero attached hydrogens (tertiary/aromatic N) is 4. The Morgan fingerprint density at radius 2 is 2.22 bits per heavy atom. The van der Waals surface area contributed by atoms with E-state index in [1.54, 1.807) is 42.5 Å². The number of rotatable bonds is 5. The first kappa shape index (κ1) is 18.6. The van der Waals surface area contributed by atoms with Crippen molar-refractivity contribution in [2.24, 2.45) is 0 Å². The lowest BCUT2D eigenvalue weighted by atomic mass is 10.1. The average Bonchev–Trinajstić information content (AvgIpc) is 3.13. The van der Waals surface area contributed by atoms with Crippen molar-refractivity contribution in [3.63, 3.8) is 0 Å². The summed E-state index contributed by atoms with van der Waals surface area (Å²) < 4.78 is 6.83. The first-order valence-corrected chi connectivity index (χ1v) is 8.70. The molecule has 1 atom stereocenters. The molecule has 1 aliphatic rings. The molecular formula is C19H21N5O3. The molecule has 27 heavy (non-hydrogen) atoms. The third-order valence-electron chi connectivity index (χ3n) is 4.55. The summed E-state index contributed by atoms with van der Waals surface area (Å²) in [6, 6.07) is 8.42. The molecule has 1 N–H and O–H groups in total. The standard InChI is InChI=1S/C19H21N5O3/c1-13-17-22-16(18(25)21-6-9-27-2)12-23(17)7-8-24(13)19(26)15-5-3-4-14(10-15)11-20/h3-5,10,12-13H,6-9H2,1-2H3,(H,21,25). The van der Waals surface area contributed by atoms with Gasteiger partial charge in [-0.05, 0) is 25.1 Å². The van der Waals surface area contributed by atoms with Gasteiger partial charge >= 0.3 is 0 Å². The van der Waals surface area contributed by atoms with E-state index in [9.17, 15) is 9.59 Å². The van der Waals surface area contributed by atoms with Gasteiger partial charge in [0.2, 0.25) is 0 Å². The summed E-state index contributed by atoms with van der Waals surface area (Å²) in [5.74, 6) is 0.253. The summed E-state index contributed by atoms with van der Waals surface area (Å²) in [6.07, 6.45) is 1.71.